The van der Waals surface area contributed by atoms with E-state index in [4.69, 9.17) is 4.42 Å². The lowest BCUT2D eigenvalue weighted by Crippen LogP contribution is -2.32. The molecule has 7 nitrogen and oxygen atoms in total. The molecule has 1 unspecified atom stereocenters. The fourth-order valence-electron chi connectivity index (χ4n) is 1.42. The standard InChI is InChI=1S/C11H12N4O3/c1-6-3-4-8(18-6)5-12-14-11(17)9-7(2)10(16)15-13-9/h3-5,7H,1-2H3,(H,14,17)(H,15,16). The highest BCUT2D eigenvalue weighted by Gasteiger charge is 2.30. The molecule has 0 radical (unpaired) electrons. The summed E-state index contributed by atoms with van der Waals surface area (Å²) in [5.41, 5.74) is 4.63. The van der Waals surface area contributed by atoms with Gasteiger partial charge in [-0.1, -0.05) is 0 Å². The molecule has 0 bridgehead atoms. The second kappa shape index (κ2) is 4.82. The van der Waals surface area contributed by atoms with Crippen LogP contribution in [0.1, 0.15) is 18.4 Å². The van der Waals surface area contributed by atoms with Crippen molar-refractivity contribution in [2.75, 3.05) is 0 Å². The highest BCUT2D eigenvalue weighted by Crippen LogP contribution is 2.06. The van der Waals surface area contributed by atoms with E-state index in [1.807, 2.05) is 6.92 Å². The van der Waals surface area contributed by atoms with Crippen LogP contribution in [0.2, 0.25) is 0 Å². The van der Waals surface area contributed by atoms with Gasteiger partial charge in [0.25, 0.3) is 5.91 Å². The van der Waals surface area contributed by atoms with Gasteiger partial charge in [-0.3, -0.25) is 9.59 Å². The van der Waals surface area contributed by atoms with Gasteiger partial charge in [-0.05, 0) is 26.0 Å². The number of nitrogens with zero attached hydrogens (tertiary/aromatic N) is 2. The quantitative estimate of drug-likeness (QED) is 0.589. The minimum Gasteiger partial charge on any atom is -0.460 e. The number of rotatable bonds is 3. The summed E-state index contributed by atoms with van der Waals surface area (Å²) in [4.78, 5) is 22.7. The van der Waals surface area contributed by atoms with Crippen molar-refractivity contribution in [2.45, 2.75) is 13.8 Å². The predicted molar refractivity (Wildman–Crippen MR) is 63.9 cm³/mol. The molecular formula is C11H12N4O3. The van der Waals surface area contributed by atoms with Crippen molar-refractivity contribution in [1.29, 1.82) is 0 Å². The number of carbonyl (C=O) groups is 2. The van der Waals surface area contributed by atoms with Gasteiger partial charge in [-0.25, -0.2) is 10.9 Å². The molecule has 1 aliphatic rings. The molecule has 7 heteroatoms. The van der Waals surface area contributed by atoms with Crippen molar-refractivity contribution in [2.24, 2.45) is 16.1 Å². The summed E-state index contributed by atoms with van der Waals surface area (Å²) < 4.78 is 5.23. The summed E-state index contributed by atoms with van der Waals surface area (Å²) in [6.45, 7) is 3.41. The molecule has 0 saturated carbocycles. The average molecular weight is 248 g/mol. The first-order valence-corrected chi connectivity index (χ1v) is 5.35. The Kier molecular flexibility index (Phi) is 3.22. The molecule has 1 aliphatic heterocycles. The molecule has 0 spiro atoms. The van der Waals surface area contributed by atoms with Gasteiger partial charge < -0.3 is 4.42 Å². The molecule has 2 amide bonds. The number of hydrazone groups is 2. The Balaban J connectivity index is 1.93. The molecule has 2 rings (SSSR count). The molecule has 1 atom stereocenters. The van der Waals surface area contributed by atoms with Crippen molar-refractivity contribution in [1.82, 2.24) is 10.9 Å². The van der Waals surface area contributed by atoms with Crippen LogP contribution in [0.5, 0.6) is 0 Å². The van der Waals surface area contributed by atoms with Crippen LogP contribution in [0.25, 0.3) is 0 Å². The first-order valence-electron chi connectivity index (χ1n) is 5.35. The number of carbonyl (C=O) groups excluding carboxylic acids is 2. The Morgan fingerprint density at radius 1 is 1.61 bits per heavy atom. The summed E-state index contributed by atoms with van der Waals surface area (Å²) in [5, 5.41) is 7.36. The largest absolute Gasteiger partial charge is 0.460 e. The fraction of sp³-hybridized carbons (Fsp3) is 0.273. The predicted octanol–water partition coefficient (Wildman–Crippen LogP) is 0.160. The van der Waals surface area contributed by atoms with E-state index in [0.717, 1.165) is 5.76 Å². The molecule has 2 heterocycles. The average Bonchev–Trinajstić information content (AvgIpc) is 2.87. The molecule has 1 aromatic rings. The van der Waals surface area contributed by atoms with Gasteiger partial charge in [0, 0.05) is 0 Å². The maximum atomic E-state index is 11.6. The summed E-state index contributed by atoms with van der Waals surface area (Å²) in [7, 11) is 0. The SMILES string of the molecule is Cc1ccc(C=NNC(=O)C2=NNC(=O)C2C)o1. The van der Waals surface area contributed by atoms with Crippen LogP contribution in [0, 0.1) is 12.8 Å². The van der Waals surface area contributed by atoms with Gasteiger partial charge in [0.05, 0.1) is 12.1 Å². The van der Waals surface area contributed by atoms with Crippen LogP contribution in [0.4, 0.5) is 0 Å². The number of amides is 2. The van der Waals surface area contributed by atoms with E-state index in [-0.39, 0.29) is 11.6 Å². The molecule has 18 heavy (non-hydrogen) atoms. The van der Waals surface area contributed by atoms with E-state index < -0.39 is 11.8 Å². The van der Waals surface area contributed by atoms with E-state index in [1.165, 1.54) is 6.21 Å². The Labute approximate surface area is 103 Å². The molecule has 1 aromatic heterocycles. The summed E-state index contributed by atoms with van der Waals surface area (Å²) in [6, 6.07) is 3.51. The lowest BCUT2D eigenvalue weighted by atomic mass is 10.1. The Bertz CT molecular complexity index is 544. The van der Waals surface area contributed by atoms with Gasteiger partial charge in [0.1, 0.15) is 17.2 Å². The van der Waals surface area contributed by atoms with Crippen LogP contribution in [-0.4, -0.2) is 23.7 Å². The zero-order valence-corrected chi connectivity index (χ0v) is 9.93. The maximum absolute atomic E-state index is 11.6. The molecule has 0 fully saturated rings. The van der Waals surface area contributed by atoms with Crippen LogP contribution in [-0.2, 0) is 9.59 Å². The van der Waals surface area contributed by atoms with E-state index in [2.05, 4.69) is 21.1 Å². The number of hydrogen-bond donors (Lipinski definition) is 2. The third-order valence-corrected chi connectivity index (χ3v) is 2.44. The second-order valence-electron chi connectivity index (χ2n) is 3.84. The second-order valence-corrected chi connectivity index (χ2v) is 3.84. The monoisotopic (exact) mass is 248 g/mol. The molecule has 94 valence electrons. The van der Waals surface area contributed by atoms with Crippen LogP contribution < -0.4 is 10.9 Å². The zero-order valence-electron chi connectivity index (χ0n) is 9.93. The van der Waals surface area contributed by atoms with Crippen LogP contribution in [0.15, 0.2) is 26.8 Å². The Morgan fingerprint density at radius 2 is 2.39 bits per heavy atom. The molecular weight excluding hydrogens is 236 g/mol. The van der Waals surface area contributed by atoms with Gasteiger partial charge in [0.2, 0.25) is 5.91 Å². The smallest absolute Gasteiger partial charge is 0.288 e. The highest BCUT2D eigenvalue weighted by atomic mass is 16.3. The van der Waals surface area contributed by atoms with Crippen molar-refractivity contribution in [3.63, 3.8) is 0 Å². The lowest BCUT2D eigenvalue weighted by Gasteiger charge is -2.01. The van der Waals surface area contributed by atoms with E-state index in [0.29, 0.717) is 5.76 Å². The number of hydrogen-bond acceptors (Lipinski definition) is 5. The van der Waals surface area contributed by atoms with Crippen molar-refractivity contribution >= 4 is 23.7 Å². The third-order valence-electron chi connectivity index (χ3n) is 2.44. The maximum Gasteiger partial charge on any atom is 0.288 e. The van der Waals surface area contributed by atoms with Crippen LogP contribution in [0.3, 0.4) is 0 Å². The van der Waals surface area contributed by atoms with Crippen LogP contribution >= 0.6 is 0 Å². The van der Waals surface area contributed by atoms with Crippen molar-refractivity contribution in [3.05, 3.63) is 23.7 Å². The third kappa shape index (κ3) is 2.45. The molecule has 2 N–H and O–H groups in total. The van der Waals surface area contributed by atoms with E-state index in [9.17, 15) is 9.59 Å². The summed E-state index contributed by atoms with van der Waals surface area (Å²) >= 11 is 0. The zero-order chi connectivity index (χ0) is 13.1. The number of nitrogens with one attached hydrogen (secondary N) is 2. The van der Waals surface area contributed by atoms with Gasteiger partial charge >= 0.3 is 0 Å². The highest BCUT2D eigenvalue weighted by molar-refractivity contribution is 6.44. The number of furan rings is 1. The minimum absolute atomic E-state index is 0.118. The van der Waals surface area contributed by atoms with Gasteiger partial charge in [-0.2, -0.15) is 10.2 Å². The fourth-order valence-corrected chi connectivity index (χ4v) is 1.42. The Morgan fingerprint density at radius 3 is 2.94 bits per heavy atom. The molecule has 0 saturated heterocycles. The van der Waals surface area contributed by atoms with Gasteiger partial charge in [0.15, 0.2) is 0 Å². The minimum atomic E-state index is -0.564. The number of aryl methyl sites for hydroxylation is 1. The van der Waals surface area contributed by atoms with E-state index >= 15 is 0 Å². The Hall–Kier alpha value is -2.44. The summed E-state index contributed by atoms with van der Waals surface area (Å²) in [6.07, 6.45) is 1.38. The summed E-state index contributed by atoms with van der Waals surface area (Å²) in [5.74, 6) is -0.0907. The molecule has 0 aliphatic carbocycles. The van der Waals surface area contributed by atoms with Gasteiger partial charge in [-0.15, -0.1) is 0 Å². The van der Waals surface area contributed by atoms with Crippen molar-refractivity contribution in [3.8, 4) is 0 Å². The normalized spacial score (nSPS) is 18.9. The lowest BCUT2D eigenvalue weighted by molar-refractivity contribution is -0.122. The first kappa shape index (κ1) is 12.0. The first-order chi connectivity index (χ1) is 8.58. The van der Waals surface area contributed by atoms with E-state index in [1.54, 1.807) is 19.1 Å². The molecule has 0 aromatic carbocycles. The van der Waals surface area contributed by atoms with Crippen molar-refractivity contribution < 1.29 is 14.0 Å². The topological polar surface area (TPSA) is 96.1 Å².